The lowest BCUT2D eigenvalue weighted by atomic mass is 9.93. The van der Waals surface area contributed by atoms with Gasteiger partial charge in [-0.25, -0.2) is 4.98 Å². The number of benzene rings is 1. The van der Waals surface area contributed by atoms with Gasteiger partial charge in [-0.1, -0.05) is 24.3 Å². The van der Waals surface area contributed by atoms with Gasteiger partial charge in [0.05, 0.1) is 13.2 Å². The highest BCUT2D eigenvalue weighted by molar-refractivity contribution is 5.74. The van der Waals surface area contributed by atoms with Crippen molar-refractivity contribution < 1.29 is 4.74 Å². The number of anilines is 2. The topological polar surface area (TPSA) is 50.3 Å². The van der Waals surface area contributed by atoms with E-state index in [0.29, 0.717) is 11.9 Å². The minimum atomic E-state index is 0.442. The molecule has 2 aromatic rings. The van der Waals surface area contributed by atoms with Crippen LogP contribution in [0, 0.1) is 0 Å². The maximum absolute atomic E-state index is 5.32. The summed E-state index contributed by atoms with van der Waals surface area (Å²) in [4.78, 5) is 11.0. The summed E-state index contributed by atoms with van der Waals surface area (Å²) >= 11 is 0. The summed E-state index contributed by atoms with van der Waals surface area (Å²) in [5.41, 5.74) is 3.74. The van der Waals surface area contributed by atoms with Crippen molar-refractivity contribution in [3.8, 4) is 5.88 Å². The standard InChI is InChI=1S/C15H16N4O/c1-20-15-13-14(17-9-18-15)19-8-11-5-3-2-4-10(11)6-12(19)7-16-13/h2-5,9,12,16H,6-8H2,1H3. The average molecular weight is 268 g/mol. The number of hydrogen-bond acceptors (Lipinski definition) is 5. The molecule has 5 nitrogen and oxygen atoms in total. The van der Waals surface area contributed by atoms with Crippen LogP contribution in [0.1, 0.15) is 11.1 Å². The molecule has 1 atom stereocenters. The fourth-order valence-electron chi connectivity index (χ4n) is 3.13. The largest absolute Gasteiger partial charge is 0.479 e. The third-order valence-corrected chi connectivity index (χ3v) is 4.13. The molecule has 102 valence electrons. The summed E-state index contributed by atoms with van der Waals surface area (Å²) in [6.45, 7) is 1.79. The van der Waals surface area contributed by atoms with Gasteiger partial charge in [0, 0.05) is 13.1 Å². The van der Waals surface area contributed by atoms with Crippen molar-refractivity contribution in [1.29, 1.82) is 0 Å². The Bertz CT molecular complexity index is 658. The third kappa shape index (κ3) is 1.62. The lowest BCUT2D eigenvalue weighted by Gasteiger charge is -2.42. The zero-order chi connectivity index (χ0) is 13.5. The molecule has 1 unspecified atom stereocenters. The minimum Gasteiger partial charge on any atom is -0.479 e. The highest BCUT2D eigenvalue weighted by Gasteiger charge is 2.33. The van der Waals surface area contributed by atoms with Crippen molar-refractivity contribution in [2.75, 3.05) is 23.9 Å². The van der Waals surface area contributed by atoms with E-state index in [4.69, 9.17) is 4.74 Å². The number of rotatable bonds is 1. The van der Waals surface area contributed by atoms with Gasteiger partial charge in [0.15, 0.2) is 5.82 Å². The number of aromatic nitrogens is 2. The van der Waals surface area contributed by atoms with E-state index >= 15 is 0 Å². The maximum atomic E-state index is 5.32. The quantitative estimate of drug-likeness (QED) is 0.855. The van der Waals surface area contributed by atoms with Crippen LogP contribution in [0.25, 0.3) is 0 Å². The molecular formula is C15H16N4O. The molecule has 0 amide bonds. The van der Waals surface area contributed by atoms with E-state index in [1.807, 2.05) is 0 Å². The summed E-state index contributed by atoms with van der Waals surface area (Å²) in [6.07, 6.45) is 2.62. The lowest BCUT2D eigenvalue weighted by Crippen LogP contribution is -2.48. The molecule has 20 heavy (non-hydrogen) atoms. The molecule has 0 spiro atoms. The molecule has 0 radical (unpaired) electrons. The number of fused-ring (bicyclic) bond motifs is 4. The molecule has 2 aliphatic rings. The number of ether oxygens (including phenoxy) is 1. The highest BCUT2D eigenvalue weighted by atomic mass is 16.5. The molecule has 1 N–H and O–H groups in total. The summed E-state index contributed by atoms with van der Waals surface area (Å²) in [6, 6.07) is 9.08. The predicted octanol–water partition coefficient (Wildman–Crippen LogP) is 1.84. The Morgan fingerprint density at radius 2 is 2.10 bits per heavy atom. The van der Waals surface area contributed by atoms with Gasteiger partial charge < -0.3 is 15.0 Å². The van der Waals surface area contributed by atoms with Gasteiger partial charge in [-0.15, -0.1) is 0 Å². The number of methoxy groups -OCH3 is 1. The van der Waals surface area contributed by atoms with Gasteiger partial charge in [-0.05, 0) is 17.5 Å². The van der Waals surface area contributed by atoms with Crippen LogP contribution < -0.4 is 15.0 Å². The van der Waals surface area contributed by atoms with Gasteiger partial charge >= 0.3 is 0 Å². The fraction of sp³-hybridized carbons (Fsp3) is 0.333. The Kier molecular flexibility index (Phi) is 2.52. The molecule has 1 aromatic carbocycles. The van der Waals surface area contributed by atoms with E-state index in [0.717, 1.165) is 31.0 Å². The fourth-order valence-corrected chi connectivity index (χ4v) is 3.13. The van der Waals surface area contributed by atoms with Gasteiger partial charge in [0.1, 0.15) is 12.0 Å². The van der Waals surface area contributed by atoms with Crippen molar-refractivity contribution >= 4 is 11.5 Å². The Hall–Kier alpha value is -2.30. The summed E-state index contributed by atoms with van der Waals surface area (Å²) in [5.74, 6) is 1.56. The molecule has 1 aromatic heterocycles. The third-order valence-electron chi connectivity index (χ3n) is 4.13. The molecule has 0 aliphatic carbocycles. The van der Waals surface area contributed by atoms with Gasteiger partial charge in [0.25, 0.3) is 0 Å². The first-order valence-electron chi connectivity index (χ1n) is 6.83. The monoisotopic (exact) mass is 268 g/mol. The Morgan fingerprint density at radius 1 is 1.25 bits per heavy atom. The molecule has 0 saturated carbocycles. The van der Waals surface area contributed by atoms with Crippen molar-refractivity contribution in [2.24, 2.45) is 0 Å². The van der Waals surface area contributed by atoms with E-state index in [2.05, 4.69) is 44.5 Å². The molecule has 0 fully saturated rings. The molecule has 5 heteroatoms. The SMILES string of the molecule is COc1ncnc2c1NCC1Cc3ccccc3CN21. The first-order chi connectivity index (χ1) is 9.86. The molecular weight excluding hydrogens is 252 g/mol. The Morgan fingerprint density at radius 3 is 2.95 bits per heavy atom. The second-order valence-corrected chi connectivity index (χ2v) is 5.22. The van der Waals surface area contributed by atoms with Crippen LogP contribution in [0.15, 0.2) is 30.6 Å². The van der Waals surface area contributed by atoms with Crippen LogP contribution in [0.2, 0.25) is 0 Å². The van der Waals surface area contributed by atoms with Crippen LogP contribution in [-0.4, -0.2) is 29.7 Å². The average Bonchev–Trinajstić information content (AvgIpc) is 2.52. The number of nitrogens with one attached hydrogen (secondary N) is 1. The zero-order valence-electron chi connectivity index (χ0n) is 11.3. The van der Waals surface area contributed by atoms with Crippen molar-refractivity contribution in [2.45, 2.75) is 19.0 Å². The first-order valence-corrected chi connectivity index (χ1v) is 6.83. The van der Waals surface area contributed by atoms with E-state index in [1.54, 1.807) is 13.4 Å². The summed E-state index contributed by atoms with van der Waals surface area (Å²) in [7, 11) is 1.64. The van der Waals surface area contributed by atoms with E-state index in [9.17, 15) is 0 Å². The van der Waals surface area contributed by atoms with E-state index in [-0.39, 0.29) is 0 Å². The molecule has 0 saturated heterocycles. The van der Waals surface area contributed by atoms with Crippen molar-refractivity contribution in [1.82, 2.24) is 9.97 Å². The highest BCUT2D eigenvalue weighted by Crippen LogP contribution is 2.38. The van der Waals surface area contributed by atoms with Crippen molar-refractivity contribution in [3.63, 3.8) is 0 Å². The maximum Gasteiger partial charge on any atom is 0.242 e. The normalized spacial score (nSPS) is 19.4. The van der Waals surface area contributed by atoms with E-state index in [1.165, 1.54) is 11.1 Å². The van der Waals surface area contributed by atoms with Gasteiger partial charge in [-0.2, -0.15) is 4.98 Å². The lowest BCUT2D eigenvalue weighted by molar-refractivity contribution is 0.396. The Balaban J connectivity index is 1.78. The first kappa shape index (κ1) is 11.5. The van der Waals surface area contributed by atoms with Gasteiger partial charge in [-0.3, -0.25) is 0 Å². The summed E-state index contributed by atoms with van der Waals surface area (Å²) in [5, 5.41) is 3.42. The molecule has 0 bridgehead atoms. The zero-order valence-corrected chi connectivity index (χ0v) is 11.3. The summed E-state index contributed by atoms with van der Waals surface area (Å²) < 4.78 is 5.32. The Labute approximate surface area is 117 Å². The van der Waals surface area contributed by atoms with E-state index < -0.39 is 0 Å². The molecule has 2 aliphatic heterocycles. The second-order valence-electron chi connectivity index (χ2n) is 5.22. The van der Waals surface area contributed by atoms with Crippen LogP contribution in [0.4, 0.5) is 11.5 Å². The van der Waals surface area contributed by atoms with Crippen LogP contribution in [0.5, 0.6) is 5.88 Å². The van der Waals surface area contributed by atoms with Crippen LogP contribution in [-0.2, 0) is 13.0 Å². The minimum absolute atomic E-state index is 0.442. The van der Waals surface area contributed by atoms with Crippen LogP contribution in [0.3, 0.4) is 0 Å². The second kappa shape index (κ2) is 4.37. The number of nitrogens with zero attached hydrogens (tertiary/aromatic N) is 3. The molecule has 4 rings (SSSR count). The van der Waals surface area contributed by atoms with Crippen LogP contribution >= 0.6 is 0 Å². The smallest absolute Gasteiger partial charge is 0.242 e. The van der Waals surface area contributed by atoms with Crippen molar-refractivity contribution in [3.05, 3.63) is 41.7 Å². The molecule has 3 heterocycles. The number of hydrogen-bond donors (Lipinski definition) is 1. The predicted molar refractivity (Wildman–Crippen MR) is 77.2 cm³/mol. The van der Waals surface area contributed by atoms with Gasteiger partial charge in [0.2, 0.25) is 5.88 Å².